The SMILES string of the molecule is COc1cccc(OC)c1C(=O)Nc1cc(-c2nc3ccccc3o2)ccc1C. The number of carbonyl (C=O) groups is 1. The van der Waals surface area contributed by atoms with E-state index >= 15 is 0 Å². The number of carbonyl (C=O) groups excluding carboxylic acids is 1. The van der Waals surface area contributed by atoms with Gasteiger partial charge in [-0.2, -0.15) is 0 Å². The molecule has 4 aromatic rings. The number of fused-ring (bicyclic) bond motifs is 1. The van der Waals surface area contributed by atoms with E-state index in [1.807, 2.05) is 49.4 Å². The minimum absolute atomic E-state index is 0.322. The second kappa shape index (κ2) is 7.67. The van der Waals surface area contributed by atoms with Crippen LogP contribution in [-0.2, 0) is 0 Å². The van der Waals surface area contributed by atoms with Crippen LogP contribution in [0, 0.1) is 6.92 Å². The zero-order valence-electron chi connectivity index (χ0n) is 16.4. The molecule has 0 spiro atoms. The summed E-state index contributed by atoms with van der Waals surface area (Å²) in [5.41, 5.74) is 4.17. The molecule has 0 bridgehead atoms. The van der Waals surface area contributed by atoms with Crippen molar-refractivity contribution in [1.29, 1.82) is 0 Å². The van der Waals surface area contributed by atoms with Gasteiger partial charge in [0.1, 0.15) is 22.6 Å². The summed E-state index contributed by atoms with van der Waals surface area (Å²) in [6.07, 6.45) is 0. The maximum atomic E-state index is 13.0. The average Bonchev–Trinajstić information content (AvgIpc) is 3.18. The van der Waals surface area contributed by atoms with Crippen LogP contribution in [-0.4, -0.2) is 25.1 Å². The van der Waals surface area contributed by atoms with E-state index in [1.165, 1.54) is 14.2 Å². The summed E-state index contributed by atoms with van der Waals surface area (Å²) in [6.45, 7) is 1.92. The third-order valence-corrected chi connectivity index (χ3v) is 4.68. The summed E-state index contributed by atoms with van der Waals surface area (Å²) in [6, 6.07) is 18.5. The molecule has 1 heterocycles. The van der Waals surface area contributed by atoms with Crippen LogP contribution in [0.3, 0.4) is 0 Å². The van der Waals surface area contributed by atoms with Gasteiger partial charge in [0.2, 0.25) is 5.89 Å². The highest BCUT2D eigenvalue weighted by Crippen LogP contribution is 2.31. The van der Waals surface area contributed by atoms with Crippen molar-refractivity contribution < 1.29 is 18.7 Å². The molecular weight excluding hydrogens is 368 g/mol. The lowest BCUT2D eigenvalue weighted by molar-refractivity contribution is 0.102. The number of nitrogens with zero attached hydrogens (tertiary/aromatic N) is 1. The lowest BCUT2D eigenvalue weighted by atomic mass is 10.1. The van der Waals surface area contributed by atoms with Crippen LogP contribution in [0.1, 0.15) is 15.9 Å². The van der Waals surface area contributed by atoms with Gasteiger partial charge in [-0.15, -0.1) is 0 Å². The number of methoxy groups -OCH3 is 2. The molecule has 0 aliphatic heterocycles. The zero-order chi connectivity index (χ0) is 20.4. The third-order valence-electron chi connectivity index (χ3n) is 4.68. The fourth-order valence-electron chi connectivity index (χ4n) is 3.15. The molecule has 0 radical (unpaired) electrons. The molecule has 6 heteroatoms. The standard InChI is InChI=1S/C23H20N2O4/c1-14-11-12-15(23-25-16-7-4-5-8-18(16)29-23)13-17(14)24-22(26)21-19(27-2)9-6-10-20(21)28-3/h4-13H,1-3H3,(H,24,26). The summed E-state index contributed by atoms with van der Waals surface area (Å²) < 4.78 is 16.5. The number of ether oxygens (including phenoxy) is 2. The lowest BCUT2D eigenvalue weighted by Gasteiger charge is -2.14. The maximum Gasteiger partial charge on any atom is 0.263 e. The van der Waals surface area contributed by atoms with Gasteiger partial charge in [-0.1, -0.05) is 24.3 Å². The summed E-state index contributed by atoms with van der Waals surface area (Å²) in [4.78, 5) is 17.5. The number of amides is 1. The second-order valence-electron chi connectivity index (χ2n) is 6.51. The molecule has 0 saturated heterocycles. The van der Waals surface area contributed by atoms with Gasteiger partial charge in [0.15, 0.2) is 5.58 Å². The first kappa shape index (κ1) is 18.6. The number of aryl methyl sites for hydroxylation is 1. The quantitative estimate of drug-likeness (QED) is 0.516. The number of hydrogen-bond acceptors (Lipinski definition) is 5. The normalized spacial score (nSPS) is 10.7. The van der Waals surface area contributed by atoms with Crippen LogP contribution < -0.4 is 14.8 Å². The van der Waals surface area contributed by atoms with Gasteiger partial charge in [-0.25, -0.2) is 4.98 Å². The number of benzene rings is 3. The first-order valence-electron chi connectivity index (χ1n) is 9.09. The lowest BCUT2D eigenvalue weighted by Crippen LogP contribution is -2.15. The Hall–Kier alpha value is -3.80. The van der Waals surface area contributed by atoms with Gasteiger partial charge < -0.3 is 19.2 Å². The monoisotopic (exact) mass is 388 g/mol. The van der Waals surface area contributed by atoms with Crippen molar-refractivity contribution in [3.8, 4) is 23.0 Å². The third kappa shape index (κ3) is 3.52. The van der Waals surface area contributed by atoms with E-state index in [2.05, 4.69) is 10.3 Å². The first-order chi connectivity index (χ1) is 14.1. The number of para-hydroxylation sites is 2. The molecule has 6 nitrogen and oxygen atoms in total. The molecule has 146 valence electrons. The number of aromatic nitrogens is 1. The van der Waals surface area contributed by atoms with Crippen molar-refractivity contribution in [3.63, 3.8) is 0 Å². The van der Waals surface area contributed by atoms with E-state index in [0.29, 0.717) is 34.2 Å². The van der Waals surface area contributed by atoms with Crippen LogP contribution >= 0.6 is 0 Å². The Morgan fingerprint density at radius 2 is 1.69 bits per heavy atom. The molecular formula is C23H20N2O4. The minimum Gasteiger partial charge on any atom is -0.496 e. The van der Waals surface area contributed by atoms with Gasteiger partial charge in [0.05, 0.1) is 14.2 Å². The van der Waals surface area contributed by atoms with Gasteiger partial charge in [-0.3, -0.25) is 4.79 Å². The van der Waals surface area contributed by atoms with Crippen molar-refractivity contribution in [2.75, 3.05) is 19.5 Å². The van der Waals surface area contributed by atoms with Crippen LogP contribution in [0.15, 0.2) is 65.1 Å². The summed E-state index contributed by atoms with van der Waals surface area (Å²) >= 11 is 0. The largest absolute Gasteiger partial charge is 0.496 e. The van der Waals surface area contributed by atoms with Gasteiger partial charge >= 0.3 is 0 Å². The van der Waals surface area contributed by atoms with Crippen LogP contribution in [0.2, 0.25) is 0 Å². The van der Waals surface area contributed by atoms with Gasteiger partial charge in [0, 0.05) is 11.3 Å². The Kier molecular flexibility index (Phi) is 4.91. The number of rotatable bonds is 5. The Labute approximate surface area is 168 Å². The fourth-order valence-corrected chi connectivity index (χ4v) is 3.15. The number of hydrogen-bond donors (Lipinski definition) is 1. The smallest absolute Gasteiger partial charge is 0.263 e. The maximum absolute atomic E-state index is 13.0. The summed E-state index contributed by atoms with van der Waals surface area (Å²) in [5, 5.41) is 2.95. The first-order valence-corrected chi connectivity index (χ1v) is 9.09. The van der Waals surface area contributed by atoms with Gasteiger partial charge in [-0.05, 0) is 48.9 Å². The van der Waals surface area contributed by atoms with E-state index in [0.717, 1.165) is 16.6 Å². The van der Waals surface area contributed by atoms with E-state index in [-0.39, 0.29) is 5.91 Å². The van der Waals surface area contributed by atoms with Crippen LogP contribution in [0.25, 0.3) is 22.6 Å². The van der Waals surface area contributed by atoms with Gasteiger partial charge in [0.25, 0.3) is 5.91 Å². The van der Waals surface area contributed by atoms with Crippen LogP contribution in [0.4, 0.5) is 5.69 Å². The predicted molar refractivity (Wildman–Crippen MR) is 112 cm³/mol. The highest BCUT2D eigenvalue weighted by Gasteiger charge is 2.19. The Bertz CT molecular complexity index is 1140. The molecule has 0 saturated carbocycles. The second-order valence-corrected chi connectivity index (χ2v) is 6.51. The Balaban J connectivity index is 1.69. The Morgan fingerprint density at radius 3 is 2.38 bits per heavy atom. The van der Waals surface area contributed by atoms with E-state index < -0.39 is 0 Å². The fraction of sp³-hybridized carbons (Fsp3) is 0.130. The number of oxazole rings is 1. The van der Waals surface area contributed by atoms with E-state index in [1.54, 1.807) is 18.2 Å². The number of anilines is 1. The average molecular weight is 388 g/mol. The molecule has 3 aromatic carbocycles. The molecule has 29 heavy (non-hydrogen) atoms. The zero-order valence-corrected chi connectivity index (χ0v) is 16.4. The Morgan fingerprint density at radius 1 is 0.966 bits per heavy atom. The summed E-state index contributed by atoms with van der Waals surface area (Å²) in [5.74, 6) is 1.05. The van der Waals surface area contributed by atoms with Crippen molar-refractivity contribution >= 4 is 22.7 Å². The molecule has 4 rings (SSSR count). The molecule has 1 N–H and O–H groups in total. The molecule has 0 unspecified atom stereocenters. The molecule has 0 aliphatic rings. The van der Waals surface area contributed by atoms with E-state index in [4.69, 9.17) is 13.9 Å². The molecule has 1 amide bonds. The highest BCUT2D eigenvalue weighted by atomic mass is 16.5. The molecule has 0 aliphatic carbocycles. The van der Waals surface area contributed by atoms with Crippen molar-refractivity contribution in [2.45, 2.75) is 6.92 Å². The topological polar surface area (TPSA) is 73.6 Å². The molecule has 1 aromatic heterocycles. The van der Waals surface area contributed by atoms with Crippen molar-refractivity contribution in [1.82, 2.24) is 4.98 Å². The van der Waals surface area contributed by atoms with Crippen molar-refractivity contribution in [2.24, 2.45) is 0 Å². The predicted octanol–water partition coefficient (Wildman–Crippen LogP) is 5.07. The van der Waals surface area contributed by atoms with Crippen LogP contribution in [0.5, 0.6) is 11.5 Å². The molecule has 0 fully saturated rings. The van der Waals surface area contributed by atoms with E-state index in [9.17, 15) is 4.79 Å². The van der Waals surface area contributed by atoms with Crippen molar-refractivity contribution in [3.05, 3.63) is 71.8 Å². The summed E-state index contributed by atoms with van der Waals surface area (Å²) in [7, 11) is 3.04. The molecule has 0 atom stereocenters. The highest BCUT2D eigenvalue weighted by molar-refractivity contribution is 6.08. The number of nitrogens with one attached hydrogen (secondary N) is 1. The minimum atomic E-state index is -0.322.